The fourth-order valence-electron chi connectivity index (χ4n) is 2.83. The lowest BCUT2D eigenvalue weighted by molar-refractivity contribution is 0.188. The summed E-state index contributed by atoms with van der Waals surface area (Å²) in [7, 11) is 0. The second kappa shape index (κ2) is 4.23. The number of benzene rings is 2. The first-order valence-corrected chi connectivity index (χ1v) is 7.73. The molecule has 0 aliphatic rings. The molecule has 110 valence electrons. The van der Waals surface area contributed by atoms with Gasteiger partial charge in [-0.3, -0.25) is 9.59 Å². The lowest BCUT2D eigenvalue weighted by Crippen LogP contribution is -2.24. The van der Waals surface area contributed by atoms with Crippen LogP contribution in [0.15, 0.2) is 42.8 Å². The summed E-state index contributed by atoms with van der Waals surface area (Å²) in [6.45, 7) is 0. The molecule has 0 bridgehead atoms. The highest BCUT2D eigenvalue weighted by atomic mass is 79.9. The average molecular weight is 426 g/mol. The molecule has 4 rings (SSSR count). The van der Waals surface area contributed by atoms with Crippen LogP contribution < -0.4 is 11.1 Å². The Bertz CT molecular complexity index is 1110. The summed E-state index contributed by atoms with van der Waals surface area (Å²) in [4.78, 5) is 24.7. The van der Waals surface area contributed by atoms with Crippen LogP contribution in [0.2, 0.25) is 0 Å². The number of aromatic nitrogens is 2. The number of nitrogens with zero attached hydrogens (tertiary/aromatic N) is 2. The van der Waals surface area contributed by atoms with E-state index in [0.717, 1.165) is 0 Å². The van der Waals surface area contributed by atoms with Gasteiger partial charge in [0.15, 0.2) is 0 Å². The molecule has 0 aliphatic heterocycles. The zero-order chi connectivity index (χ0) is 15.8. The van der Waals surface area contributed by atoms with Crippen molar-refractivity contribution in [3.8, 4) is 0 Å². The van der Waals surface area contributed by atoms with E-state index in [9.17, 15) is 20.0 Å². The van der Waals surface area contributed by atoms with Gasteiger partial charge in [-0.05, 0) is 24.3 Å². The molecule has 0 atom stereocenters. The fourth-order valence-corrected chi connectivity index (χ4v) is 3.72. The Kier molecular flexibility index (Phi) is 2.62. The van der Waals surface area contributed by atoms with Crippen LogP contribution >= 0.6 is 31.9 Å². The zero-order valence-electron chi connectivity index (χ0n) is 10.7. The summed E-state index contributed by atoms with van der Waals surface area (Å²) >= 11 is 6.48. The quantitative estimate of drug-likeness (QED) is 0.335. The molecule has 0 radical (unpaired) electrons. The van der Waals surface area contributed by atoms with Crippen molar-refractivity contribution in [2.24, 2.45) is 0 Å². The van der Waals surface area contributed by atoms with Crippen LogP contribution in [-0.2, 0) is 0 Å². The van der Waals surface area contributed by atoms with Gasteiger partial charge < -0.3 is 10.4 Å². The summed E-state index contributed by atoms with van der Waals surface area (Å²) < 4.78 is 2.06. The maximum Gasteiger partial charge on any atom is 0.291 e. The van der Waals surface area contributed by atoms with Crippen molar-refractivity contribution in [2.75, 3.05) is 0 Å². The first-order chi connectivity index (χ1) is 10.4. The Morgan fingerprint density at radius 3 is 1.45 bits per heavy atom. The minimum Gasteiger partial charge on any atom is -0.425 e. The van der Waals surface area contributed by atoms with Crippen LogP contribution in [0.4, 0.5) is 0 Å². The first kappa shape index (κ1) is 13.6. The highest BCUT2D eigenvalue weighted by Gasteiger charge is 2.20. The second-order valence-electron chi connectivity index (χ2n) is 4.93. The molecule has 0 aliphatic carbocycles. The van der Waals surface area contributed by atoms with Crippen molar-refractivity contribution >= 4 is 64.4 Å². The molecule has 6 nitrogen and oxygen atoms in total. The van der Waals surface area contributed by atoms with Gasteiger partial charge in [0.25, 0.3) is 11.1 Å². The Morgan fingerprint density at radius 2 is 1.09 bits per heavy atom. The average Bonchev–Trinajstić information content (AvgIpc) is 2.48. The van der Waals surface area contributed by atoms with Crippen molar-refractivity contribution in [1.82, 2.24) is 9.46 Å². The Labute approximate surface area is 138 Å². The molecule has 2 aromatic heterocycles. The number of hydrogen-bond donors (Lipinski definition) is 2. The lowest BCUT2D eigenvalue weighted by Gasteiger charge is -2.14. The maximum absolute atomic E-state index is 12.4. The van der Waals surface area contributed by atoms with Gasteiger partial charge in [0.05, 0.1) is 21.8 Å². The van der Waals surface area contributed by atoms with Crippen molar-refractivity contribution < 1.29 is 10.4 Å². The van der Waals surface area contributed by atoms with Crippen molar-refractivity contribution in [3.63, 3.8) is 0 Å². The normalized spacial score (nSPS) is 11.9. The van der Waals surface area contributed by atoms with Crippen LogP contribution in [0.3, 0.4) is 0 Å². The van der Waals surface area contributed by atoms with E-state index in [0.29, 0.717) is 29.2 Å². The Hall–Kier alpha value is -2.06. The van der Waals surface area contributed by atoms with E-state index in [1.807, 2.05) is 0 Å². The van der Waals surface area contributed by atoms with Crippen molar-refractivity contribution in [2.45, 2.75) is 0 Å². The summed E-state index contributed by atoms with van der Waals surface area (Å²) in [5.74, 6) is 0. The fraction of sp³-hybridized carbons (Fsp3) is 0. The van der Waals surface area contributed by atoms with E-state index in [-0.39, 0.29) is 21.8 Å². The third-order valence-corrected chi connectivity index (χ3v) is 4.63. The summed E-state index contributed by atoms with van der Waals surface area (Å²) in [6, 6.07) is 6.18. The molecular formula is C14H6Br2N2O4. The van der Waals surface area contributed by atoms with E-state index < -0.39 is 11.1 Å². The summed E-state index contributed by atoms with van der Waals surface area (Å²) in [5.41, 5.74) is -0.854. The lowest BCUT2D eigenvalue weighted by atomic mass is 10.0. The molecule has 0 saturated heterocycles. The van der Waals surface area contributed by atoms with Crippen LogP contribution in [0.5, 0.6) is 0 Å². The van der Waals surface area contributed by atoms with E-state index >= 15 is 0 Å². The van der Waals surface area contributed by atoms with E-state index in [2.05, 4.69) is 31.9 Å². The molecule has 8 heteroatoms. The monoisotopic (exact) mass is 424 g/mol. The maximum atomic E-state index is 12.4. The minimum atomic E-state index is -0.628. The minimum absolute atomic E-state index is 0.201. The third kappa shape index (κ3) is 1.53. The number of halogens is 2. The van der Waals surface area contributed by atoms with Gasteiger partial charge in [-0.2, -0.15) is 0 Å². The predicted octanol–water partition coefficient (Wildman–Crippen LogP) is 2.91. The summed E-state index contributed by atoms with van der Waals surface area (Å²) in [5, 5.41) is 21.6. The van der Waals surface area contributed by atoms with Gasteiger partial charge in [-0.25, -0.2) is 0 Å². The Morgan fingerprint density at radius 1 is 0.727 bits per heavy atom. The molecule has 0 saturated carbocycles. The number of hydrogen-bond acceptors (Lipinski definition) is 4. The van der Waals surface area contributed by atoms with Crippen molar-refractivity contribution in [3.05, 3.63) is 53.9 Å². The standard InChI is InChI=1S/C14H6Br2N2O4/c15-5-1-7-11-9(3-5)18(22)14(20)8-2-6(16)4-10(12(8)11)17(21)13(7)19/h1-4,21-22H. The molecule has 4 aromatic rings. The zero-order valence-corrected chi connectivity index (χ0v) is 13.8. The van der Waals surface area contributed by atoms with Crippen LogP contribution in [0, 0.1) is 0 Å². The van der Waals surface area contributed by atoms with Gasteiger partial charge in [-0.15, -0.1) is 9.46 Å². The van der Waals surface area contributed by atoms with Crippen LogP contribution in [0.1, 0.15) is 0 Å². The molecule has 0 unspecified atom stereocenters. The molecule has 2 heterocycles. The molecule has 0 spiro atoms. The smallest absolute Gasteiger partial charge is 0.291 e. The van der Waals surface area contributed by atoms with Gasteiger partial charge in [0.2, 0.25) is 0 Å². The van der Waals surface area contributed by atoms with Gasteiger partial charge in [0.1, 0.15) is 0 Å². The van der Waals surface area contributed by atoms with Crippen molar-refractivity contribution in [1.29, 1.82) is 0 Å². The van der Waals surface area contributed by atoms with Gasteiger partial charge >= 0.3 is 0 Å². The largest absolute Gasteiger partial charge is 0.425 e. The molecule has 22 heavy (non-hydrogen) atoms. The molecule has 2 N–H and O–H groups in total. The molecule has 0 amide bonds. The summed E-state index contributed by atoms with van der Waals surface area (Å²) in [6.07, 6.45) is 0. The van der Waals surface area contributed by atoms with E-state index in [4.69, 9.17) is 0 Å². The second-order valence-corrected chi connectivity index (χ2v) is 6.76. The highest BCUT2D eigenvalue weighted by molar-refractivity contribution is 9.10. The van der Waals surface area contributed by atoms with Gasteiger partial charge in [-0.1, -0.05) is 31.9 Å². The SMILES string of the molecule is O=c1c2cc(Br)cc3c2c2c(cc(Br)cc2n1O)c(=O)n3O. The van der Waals surface area contributed by atoms with Gasteiger partial charge in [0, 0.05) is 19.7 Å². The van der Waals surface area contributed by atoms with Crippen LogP contribution in [-0.4, -0.2) is 19.9 Å². The van der Waals surface area contributed by atoms with Crippen LogP contribution in [0.25, 0.3) is 32.6 Å². The number of pyridine rings is 2. The van der Waals surface area contributed by atoms with E-state index in [1.165, 1.54) is 0 Å². The molecular weight excluding hydrogens is 420 g/mol. The number of rotatable bonds is 0. The Balaban J connectivity index is 2.59. The first-order valence-electron chi connectivity index (χ1n) is 6.14. The molecule has 0 fully saturated rings. The van der Waals surface area contributed by atoms with E-state index in [1.54, 1.807) is 24.3 Å². The topological polar surface area (TPSA) is 84.5 Å². The highest BCUT2D eigenvalue weighted by Crippen LogP contribution is 2.33. The third-order valence-electron chi connectivity index (χ3n) is 3.72. The molecule has 2 aromatic carbocycles. The predicted molar refractivity (Wildman–Crippen MR) is 88.4 cm³/mol.